The molecule has 128 valence electrons. The Kier molecular flexibility index (Phi) is 4.63. The second-order valence-electron chi connectivity index (χ2n) is 4.77. The van der Waals surface area contributed by atoms with Crippen molar-refractivity contribution < 1.29 is 9.42 Å². The summed E-state index contributed by atoms with van der Waals surface area (Å²) in [5.74, 6) is -0.558. The number of carbonyl (C=O) groups is 1. The minimum absolute atomic E-state index is 0.0320. The molecule has 10 nitrogen and oxygen atoms in total. The van der Waals surface area contributed by atoms with Crippen LogP contribution in [0.5, 0.6) is 0 Å². The third-order valence-corrected chi connectivity index (χ3v) is 3.64. The van der Waals surface area contributed by atoms with E-state index in [-0.39, 0.29) is 17.3 Å². The molecule has 0 aliphatic carbocycles. The summed E-state index contributed by atoms with van der Waals surface area (Å²) in [6, 6.07) is 4.88. The zero-order valence-electron chi connectivity index (χ0n) is 12.6. The van der Waals surface area contributed by atoms with Gasteiger partial charge in [-0.2, -0.15) is 9.78 Å². The van der Waals surface area contributed by atoms with Gasteiger partial charge in [0, 0.05) is 10.6 Å². The van der Waals surface area contributed by atoms with E-state index in [9.17, 15) is 4.79 Å². The Bertz CT molecular complexity index is 965. The van der Waals surface area contributed by atoms with Crippen molar-refractivity contribution in [2.24, 2.45) is 5.10 Å². The lowest BCUT2D eigenvalue weighted by atomic mass is 10.2. The topological polar surface area (TPSA) is 137 Å². The summed E-state index contributed by atoms with van der Waals surface area (Å²) in [6.45, 7) is 1.60. The number of nitrogens with two attached hydrogens (primary N) is 1. The molecule has 0 saturated heterocycles. The van der Waals surface area contributed by atoms with Crippen molar-refractivity contribution in [2.75, 3.05) is 5.73 Å². The number of rotatable bonds is 4. The van der Waals surface area contributed by atoms with Crippen LogP contribution in [0.2, 0.25) is 10.0 Å². The number of aromatic nitrogens is 5. The van der Waals surface area contributed by atoms with Crippen molar-refractivity contribution >= 4 is 41.1 Å². The number of nitrogens with zero attached hydrogens (tertiary/aromatic N) is 6. The number of hydrogen-bond donors (Lipinski definition) is 2. The summed E-state index contributed by atoms with van der Waals surface area (Å²) in [5, 5.41) is 19.4. The number of anilines is 1. The molecule has 0 radical (unpaired) electrons. The minimum atomic E-state index is -0.578. The molecule has 0 unspecified atom stereocenters. The maximum absolute atomic E-state index is 12.4. The molecular formula is C13H10Cl2N8O2. The van der Waals surface area contributed by atoms with Crippen LogP contribution in [-0.4, -0.2) is 37.4 Å². The van der Waals surface area contributed by atoms with Gasteiger partial charge in [0.2, 0.25) is 11.6 Å². The SMILES string of the molecule is Cc1nnn(-c2nonc2N)c1C(=O)N/N=C/c1ccc(Cl)cc1Cl. The average Bonchev–Trinajstić information content (AvgIpc) is 3.14. The maximum Gasteiger partial charge on any atom is 0.292 e. The number of halogens is 2. The molecule has 2 heterocycles. The number of hydrogen-bond acceptors (Lipinski definition) is 8. The number of carbonyl (C=O) groups excluding carboxylic acids is 1. The van der Waals surface area contributed by atoms with Gasteiger partial charge in [-0.25, -0.2) is 10.1 Å². The average molecular weight is 381 g/mol. The van der Waals surface area contributed by atoms with Crippen LogP contribution >= 0.6 is 23.2 Å². The molecule has 0 aliphatic heterocycles. The van der Waals surface area contributed by atoms with Gasteiger partial charge in [-0.3, -0.25) is 4.79 Å². The van der Waals surface area contributed by atoms with E-state index in [2.05, 4.69) is 35.8 Å². The first kappa shape index (κ1) is 16.9. The number of amides is 1. The van der Waals surface area contributed by atoms with Crippen LogP contribution in [0.4, 0.5) is 5.82 Å². The molecule has 3 N–H and O–H groups in total. The first-order valence-corrected chi connectivity index (χ1v) is 7.52. The molecule has 0 fully saturated rings. The molecule has 0 bridgehead atoms. The van der Waals surface area contributed by atoms with E-state index in [4.69, 9.17) is 28.9 Å². The van der Waals surface area contributed by atoms with Gasteiger partial charge in [-0.1, -0.05) is 34.5 Å². The predicted octanol–water partition coefficient (Wildman–Crippen LogP) is 1.61. The molecule has 0 aliphatic rings. The molecule has 25 heavy (non-hydrogen) atoms. The third-order valence-electron chi connectivity index (χ3n) is 3.08. The first-order valence-electron chi connectivity index (χ1n) is 6.76. The lowest BCUT2D eigenvalue weighted by molar-refractivity contribution is 0.0946. The Morgan fingerprint density at radius 1 is 1.40 bits per heavy atom. The van der Waals surface area contributed by atoms with E-state index in [0.29, 0.717) is 21.3 Å². The summed E-state index contributed by atoms with van der Waals surface area (Å²) >= 11 is 11.8. The Balaban J connectivity index is 1.81. The zero-order chi connectivity index (χ0) is 18.0. The number of nitrogens with one attached hydrogen (secondary N) is 1. The molecule has 3 rings (SSSR count). The molecule has 0 spiro atoms. The summed E-state index contributed by atoms with van der Waals surface area (Å²) in [4.78, 5) is 12.4. The van der Waals surface area contributed by atoms with Gasteiger partial charge in [-0.15, -0.1) is 5.10 Å². The molecular weight excluding hydrogens is 371 g/mol. The van der Waals surface area contributed by atoms with Crippen LogP contribution in [0.15, 0.2) is 27.9 Å². The van der Waals surface area contributed by atoms with Gasteiger partial charge < -0.3 is 5.73 Å². The Morgan fingerprint density at radius 3 is 2.88 bits per heavy atom. The lowest BCUT2D eigenvalue weighted by Gasteiger charge is -2.03. The first-order chi connectivity index (χ1) is 12.0. The normalized spacial score (nSPS) is 11.2. The van der Waals surface area contributed by atoms with E-state index in [1.54, 1.807) is 25.1 Å². The molecule has 0 saturated carbocycles. The smallest absolute Gasteiger partial charge is 0.292 e. The van der Waals surface area contributed by atoms with E-state index < -0.39 is 5.91 Å². The molecule has 2 aromatic heterocycles. The molecule has 0 atom stereocenters. The van der Waals surface area contributed by atoms with Gasteiger partial charge in [0.05, 0.1) is 16.9 Å². The third kappa shape index (κ3) is 3.44. The van der Waals surface area contributed by atoms with Gasteiger partial charge >= 0.3 is 0 Å². The van der Waals surface area contributed by atoms with Crippen LogP contribution in [0.3, 0.4) is 0 Å². The fraction of sp³-hybridized carbons (Fsp3) is 0.0769. The molecule has 1 aromatic carbocycles. The Morgan fingerprint density at radius 2 is 2.20 bits per heavy atom. The highest BCUT2D eigenvalue weighted by Crippen LogP contribution is 2.19. The standard InChI is InChI=1S/C13H10Cl2N8O2/c1-6-10(23(22-18-6)12-11(16)20-25-21-12)13(24)19-17-5-7-2-3-8(14)4-9(7)15/h2-5H,1H3,(H2,16,20)(H,19,24)/b17-5+. The molecule has 12 heteroatoms. The summed E-state index contributed by atoms with van der Waals surface area (Å²) < 4.78 is 5.62. The van der Waals surface area contributed by atoms with Crippen molar-refractivity contribution in [1.82, 2.24) is 30.7 Å². The van der Waals surface area contributed by atoms with Crippen molar-refractivity contribution in [2.45, 2.75) is 6.92 Å². The van der Waals surface area contributed by atoms with Crippen LogP contribution in [-0.2, 0) is 0 Å². The highest BCUT2D eigenvalue weighted by atomic mass is 35.5. The van der Waals surface area contributed by atoms with Gasteiger partial charge in [0.15, 0.2) is 5.69 Å². The quantitative estimate of drug-likeness (QED) is 0.517. The van der Waals surface area contributed by atoms with Crippen molar-refractivity contribution in [1.29, 1.82) is 0 Å². The minimum Gasteiger partial charge on any atom is -0.378 e. The monoisotopic (exact) mass is 380 g/mol. The van der Waals surface area contributed by atoms with E-state index in [0.717, 1.165) is 4.68 Å². The molecule has 1 amide bonds. The fourth-order valence-electron chi connectivity index (χ4n) is 1.92. The number of hydrazone groups is 1. The number of nitrogen functional groups attached to an aromatic ring is 1. The Labute approximate surface area is 150 Å². The van der Waals surface area contributed by atoms with Gasteiger partial charge in [0.25, 0.3) is 5.91 Å². The Hall–Kier alpha value is -2.98. The van der Waals surface area contributed by atoms with E-state index in [1.165, 1.54) is 6.21 Å². The van der Waals surface area contributed by atoms with Crippen molar-refractivity contribution in [3.8, 4) is 5.82 Å². The van der Waals surface area contributed by atoms with Gasteiger partial charge in [-0.05, 0) is 29.4 Å². The largest absolute Gasteiger partial charge is 0.378 e. The van der Waals surface area contributed by atoms with Crippen molar-refractivity contribution in [3.63, 3.8) is 0 Å². The van der Waals surface area contributed by atoms with E-state index >= 15 is 0 Å². The predicted molar refractivity (Wildman–Crippen MR) is 89.9 cm³/mol. The second-order valence-corrected chi connectivity index (χ2v) is 5.62. The fourth-order valence-corrected chi connectivity index (χ4v) is 2.38. The van der Waals surface area contributed by atoms with Gasteiger partial charge in [0.1, 0.15) is 0 Å². The maximum atomic E-state index is 12.4. The number of aryl methyl sites for hydroxylation is 1. The molecule has 3 aromatic rings. The highest BCUT2D eigenvalue weighted by molar-refractivity contribution is 6.36. The van der Waals surface area contributed by atoms with E-state index in [1.807, 2.05) is 0 Å². The summed E-state index contributed by atoms with van der Waals surface area (Å²) in [7, 11) is 0. The van der Waals surface area contributed by atoms with Crippen LogP contribution < -0.4 is 11.2 Å². The van der Waals surface area contributed by atoms with Crippen LogP contribution in [0.25, 0.3) is 5.82 Å². The van der Waals surface area contributed by atoms with Crippen LogP contribution in [0, 0.1) is 6.92 Å². The zero-order valence-corrected chi connectivity index (χ0v) is 14.2. The summed E-state index contributed by atoms with van der Waals surface area (Å²) in [6.07, 6.45) is 1.38. The van der Waals surface area contributed by atoms with Crippen LogP contribution in [0.1, 0.15) is 21.7 Å². The second kappa shape index (κ2) is 6.87. The summed E-state index contributed by atoms with van der Waals surface area (Å²) in [5.41, 5.74) is 8.98. The highest BCUT2D eigenvalue weighted by Gasteiger charge is 2.22. The lowest BCUT2D eigenvalue weighted by Crippen LogP contribution is -2.22. The number of benzene rings is 1. The van der Waals surface area contributed by atoms with Crippen molar-refractivity contribution in [3.05, 3.63) is 45.2 Å².